The predicted molar refractivity (Wildman–Crippen MR) is 89.8 cm³/mol. The average molecular weight is 374 g/mol. The van der Waals surface area contributed by atoms with Gasteiger partial charge in [-0.15, -0.1) is 0 Å². The van der Waals surface area contributed by atoms with Crippen molar-refractivity contribution in [3.8, 4) is 0 Å². The van der Waals surface area contributed by atoms with Crippen LogP contribution in [0.1, 0.15) is 90.9 Å². The summed E-state index contributed by atoms with van der Waals surface area (Å²) in [5, 5.41) is 3.35. The molecule has 0 aliphatic rings. The molecule has 0 saturated heterocycles. The van der Waals surface area contributed by atoms with Crippen molar-refractivity contribution >= 4 is 8.25 Å². The molecule has 0 aromatic heterocycles. The maximum Gasteiger partial charge on any atom is 0.314 e. The Balaban J connectivity index is 0. The van der Waals surface area contributed by atoms with E-state index in [4.69, 9.17) is 14.4 Å². The van der Waals surface area contributed by atoms with Crippen molar-refractivity contribution < 1.29 is 31.5 Å². The van der Waals surface area contributed by atoms with Crippen LogP contribution in [-0.4, -0.2) is 9.79 Å². The van der Waals surface area contributed by atoms with Crippen LogP contribution in [0.4, 0.5) is 0 Å². The largest absolute Gasteiger partial charge is 0.326 e. The van der Waals surface area contributed by atoms with Crippen molar-refractivity contribution in [1.82, 2.24) is 0 Å². The first-order valence-corrected chi connectivity index (χ1v) is 14.6. The quantitative estimate of drug-likeness (QED) is 0.223. The van der Waals surface area contributed by atoms with Gasteiger partial charge in [0.15, 0.2) is 0 Å². The number of hydrogen-bond donors (Lipinski definition) is 2. The summed E-state index contributed by atoms with van der Waals surface area (Å²) >= 11 is -0.0720. The third-order valence-corrected chi connectivity index (χ3v) is 7.90. The van der Waals surface area contributed by atoms with Gasteiger partial charge in [0, 0.05) is 0 Å². The van der Waals surface area contributed by atoms with Gasteiger partial charge in [0.25, 0.3) is 0 Å². The van der Waals surface area contributed by atoms with Crippen LogP contribution in [0.5, 0.6) is 0 Å². The zero-order valence-corrected chi connectivity index (χ0v) is 18.4. The van der Waals surface area contributed by atoms with Gasteiger partial charge in [0.1, 0.15) is 0 Å². The Labute approximate surface area is 140 Å². The van der Waals surface area contributed by atoms with E-state index >= 15 is 0 Å². The molecule has 0 rings (SSSR count). The molecule has 5 heteroatoms. The van der Waals surface area contributed by atoms with Gasteiger partial charge in [0.05, 0.1) is 0 Å². The molecule has 0 aromatic rings. The predicted octanol–water partition coefficient (Wildman–Crippen LogP) is 5.99. The number of unbranched alkanes of at least 4 members (excludes halogenated alkanes) is 10. The van der Waals surface area contributed by atoms with Gasteiger partial charge in [-0.2, -0.15) is 0 Å². The Kier molecular flexibility index (Phi) is 26.4. The molecule has 0 radical (unpaired) electrons. The molecule has 0 unspecified atom stereocenters. The normalized spacial score (nSPS) is 10.1. The van der Waals surface area contributed by atoms with Crippen molar-refractivity contribution in [2.24, 2.45) is 0 Å². The number of rotatable bonds is 14. The minimum absolute atomic E-state index is 0.0720. The summed E-state index contributed by atoms with van der Waals surface area (Å²) in [4.78, 5) is 14.3. The van der Waals surface area contributed by atoms with Crippen LogP contribution >= 0.6 is 8.25 Å². The first-order chi connectivity index (χ1) is 10.1. The molecule has 0 spiro atoms. The smallest absolute Gasteiger partial charge is 0.314 e. The van der Waals surface area contributed by atoms with Crippen LogP contribution in [0.3, 0.4) is 0 Å². The summed E-state index contributed by atoms with van der Waals surface area (Å²) in [6.45, 7) is 4.60. The molecule has 0 aliphatic heterocycles. The molecular formula is C16H37O3PZn. The monoisotopic (exact) mass is 372 g/mol. The van der Waals surface area contributed by atoms with Gasteiger partial charge >= 0.3 is 126 Å². The van der Waals surface area contributed by atoms with Crippen molar-refractivity contribution in [1.29, 1.82) is 0 Å². The van der Waals surface area contributed by atoms with Crippen molar-refractivity contribution in [2.45, 2.75) is 101 Å². The first kappa shape index (κ1) is 24.0. The molecule has 0 aromatic carbocycles. The van der Waals surface area contributed by atoms with E-state index < -0.39 is 8.25 Å². The average Bonchev–Trinajstić information content (AvgIpc) is 2.43. The molecule has 0 aliphatic carbocycles. The summed E-state index contributed by atoms with van der Waals surface area (Å²) < 4.78 is 8.74. The Morgan fingerprint density at radius 2 is 0.952 bits per heavy atom. The first-order valence-electron chi connectivity index (χ1n) is 9.07. The molecule has 0 heterocycles. The topological polar surface area (TPSA) is 57.5 Å². The molecule has 0 fully saturated rings. The minimum Gasteiger partial charge on any atom is -0.326 e. The van der Waals surface area contributed by atoms with Crippen molar-refractivity contribution in [3.05, 3.63) is 0 Å². The van der Waals surface area contributed by atoms with Crippen LogP contribution in [0, 0.1) is 0 Å². The zero-order valence-electron chi connectivity index (χ0n) is 14.4. The molecule has 2 N–H and O–H groups in total. The van der Waals surface area contributed by atoms with Gasteiger partial charge in [-0.1, -0.05) is 0 Å². The third kappa shape index (κ3) is 33.5. The van der Waals surface area contributed by atoms with Crippen LogP contribution < -0.4 is 0 Å². The van der Waals surface area contributed by atoms with E-state index in [9.17, 15) is 0 Å². The maximum atomic E-state index is 8.74. The summed E-state index contributed by atoms with van der Waals surface area (Å²) in [5.41, 5.74) is 0. The second-order valence-corrected chi connectivity index (χ2v) is 10.9. The Hall–Kier alpha value is 0.773. The molecule has 0 saturated carbocycles. The van der Waals surface area contributed by atoms with Gasteiger partial charge < -0.3 is 9.79 Å². The SMILES string of the molecule is CCCCCCC[CH2][Zn][CH2]CCCCCCC.O=[PH](O)O. The van der Waals surface area contributed by atoms with E-state index in [0.29, 0.717) is 0 Å². The fraction of sp³-hybridized carbons (Fsp3) is 1.00. The molecule has 0 amide bonds. The number of hydrogen-bond acceptors (Lipinski definition) is 1. The standard InChI is InChI=1S/2C8H17.H3O3P.Zn/c2*1-3-5-7-8-6-4-2;1-4(2)3;/h2*1,3-8H2,2H3;4H,(H2,1,2,3);. The third-order valence-electron chi connectivity index (χ3n) is 3.71. The maximum absolute atomic E-state index is 8.74. The van der Waals surface area contributed by atoms with E-state index in [1.165, 1.54) is 64.2 Å². The summed E-state index contributed by atoms with van der Waals surface area (Å²) in [7, 11) is -3.13. The molecule has 0 atom stereocenters. The van der Waals surface area contributed by atoms with E-state index in [2.05, 4.69) is 13.8 Å². The molecule has 126 valence electrons. The fourth-order valence-corrected chi connectivity index (χ4v) is 6.15. The van der Waals surface area contributed by atoms with Crippen LogP contribution in [0.25, 0.3) is 0 Å². The Morgan fingerprint density at radius 3 is 1.29 bits per heavy atom. The molecule has 21 heavy (non-hydrogen) atoms. The van der Waals surface area contributed by atoms with Gasteiger partial charge in [0.2, 0.25) is 0 Å². The molecule has 0 bridgehead atoms. The van der Waals surface area contributed by atoms with E-state index in [1.54, 1.807) is 22.9 Å². The summed E-state index contributed by atoms with van der Waals surface area (Å²) in [6, 6.07) is 0. The second kappa shape index (κ2) is 23.0. The van der Waals surface area contributed by atoms with Crippen molar-refractivity contribution in [2.75, 3.05) is 0 Å². The van der Waals surface area contributed by atoms with Crippen LogP contribution in [-0.2, 0) is 21.7 Å². The van der Waals surface area contributed by atoms with E-state index in [0.717, 1.165) is 0 Å². The Morgan fingerprint density at radius 1 is 0.667 bits per heavy atom. The van der Waals surface area contributed by atoms with Gasteiger partial charge in [-0.05, 0) is 0 Å². The molecular weight excluding hydrogens is 337 g/mol. The second-order valence-electron chi connectivity index (χ2n) is 5.88. The van der Waals surface area contributed by atoms with Gasteiger partial charge in [-0.3, -0.25) is 4.57 Å². The van der Waals surface area contributed by atoms with Gasteiger partial charge in [-0.25, -0.2) is 0 Å². The minimum atomic E-state index is -3.13. The van der Waals surface area contributed by atoms with Crippen molar-refractivity contribution in [3.63, 3.8) is 0 Å². The zero-order chi connectivity index (χ0) is 16.2. The van der Waals surface area contributed by atoms with Crippen LogP contribution in [0.15, 0.2) is 0 Å². The fourth-order valence-electron chi connectivity index (χ4n) is 2.44. The van der Waals surface area contributed by atoms with Crippen LogP contribution in [0.2, 0.25) is 10.0 Å². The van der Waals surface area contributed by atoms with E-state index in [-0.39, 0.29) is 17.1 Å². The van der Waals surface area contributed by atoms with E-state index in [1.807, 2.05) is 0 Å². The molecule has 3 nitrogen and oxygen atoms in total. The Bertz CT molecular complexity index is 186. The summed E-state index contributed by atoms with van der Waals surface area (Å²) in [6.07, 6.45) is 17.9. The summed E-state index contributed by atoms with van der Waals surface area (Å²) in [5.74, 6) is 0.